The molecule has 11 heteroatoms. The molecule has 0 bridgehead atoms. The van der Waals surface area contributed by atoms with Crippen molar-refractivity contribution in [1.29, 1.82) is 0 Å². The van der Waals surface area contributed by atoms with Gasteiger partial charge in [-0.1, -0.05) is 36.4 Å². The first kappa shape index (κ1) is 24.3. The summed E-state index contributed by atoms with van der Waals surface area (Å²) in [5.74, 6) is 1.26. The number of amides is 1. The first-order chi connectivity index (χ1) is 16.9. The molecule has 5 rings (SSSR count). The molecular weight excluding hydrogens is 554 g/mol. The quantitative estimate of drug-likeness (QED) is 0.461. The van der Waals surface area contributed by atoms with Gasteiger partial charge in [0.25, 0.3) is 10.0 Å². The van der Waals surface area contributed by atoms with Crippen molar-refractivity contribution in [3.05, 3.63) is 75.6 Å². The van der Waals surface area contributed by atoms with Gasteiger partial charge >= 0.3 is 0 Å². The molecule has 1 atom stereocenters. The molecule has 1 aromatic heterocycles. The average molecular weight is 579 g/mol. The van der Waals surface area contributed by atoms with Crippen molar-refractivity contribution in [2.24, 2.45) is 0 Å². The molecule has 3 aromatic rings. The zero-order chi connectivity index (χ0) is 24.4. The number of halogens is 1. The van der Waals surface area contributed by atoms with Crippen molar-refractivity contribution in [1.82, 2.24) is 14.5 Å². The molecule has 2 aliphatic rings. The first-order valence-electron chi connectivity index (χ1n) is 11.1. The van der Waals surface area contributed by atoms with Crippen molar-refractivity contribution in [3.8, 4) is 11.5 Å². The van der Waals surface area contributed by atoms with Crippen LogP contribution in [0.25, 0.3) is 0 Å². The Balaban J connectivity index is 1.27. The number of carbonyl (C=O) groups is 1. The Bertz CT molecular complexity index is 1310. The molecule has 3 heterocycles. The number of fused-ring (bicyclic) bond motifs is 1. The van der Waals surface area contributed by atoms with E-state index in [9.17, 15) is 13.2 Å². The highest BCUT2D eigenvalue weighted by atomic mass is 79.9. The number of carbonyl (C=O) groups excluding carboxylic acids is 1. The maximum absolute atomic E-state index is 13.6. The molecule has 0 radical (unpaired) electrons. The van der Waals surface area contributed by atoms with Gasteiger partial charge in [-0.2, -0.15) is 4.72 Å². The van der Waals surface area contributed by atoms with E-state index < -0.39 is 16.1 Å². The summed E-state index contributed by atoms with van der Waals surface area (Å²) in [5.41, 5.74) is 1.73. The molecule has 2 aromatic carbocycles. The van der Waals surface area contributed by atoms with E-state index in [0.717, 1.165) is 34.9 Å². The number of thiophene rings is 1. The van der Waals surface area contributed by atoms with E-state index in [1.807, 2.05) is 24.3 Å². The molecule has 0 aliphatic carbocycles. The van der Waals surface area contributed by atoms with Crippen molar-refractivity contribution >= 4 is 43.2 Å². The molecule has 0 spiro atoms. The highest BCUT2D eigenvalue weighted by molar-refractivity contribution is 9.11. The van der Waals surface area contributed by atoms with Gasteiger partial charge in [0.1, 0.15) is 10.3 Å². The standard InChI is InChI=1S/C24H24BrN3O5S2/c25-21-8-9-22(34-21)35(30,31)26-23(18-4-2-1-3-5-18)24(29)28-12-10-27(11-13-28)15-17-6-7-19-20(14-17)33-16-32-19/h1-9,14,23,26H,10-13,15-16H2/t23-/m0/s1. The van der Waals surface area contributed by atoms with E-state index in [1.54, 1.807) is 35.2 Å². The van der Waals surface area contributed by atoms with Crippen molar-refractivity contribution in [2.45, 2.75) is 16.8 Å². The largest absolute Gasteiger partial charge is 0.454 e. The third-order valence-corrected chi connectivity index (χ3v) is 9.53. The molecule has 0 unspecified atom stereocenters. The van der Waals surface area contributed by atoms with Crippen LogP contribution in [0.3, 0.4) is 0 Å². The number of benzene rings is 2. The molecule has 35 heavy (non-hydrogen) atoms. The second-order valence-electron chi connectivity index (χ2n) is 8.31. The molecule has 1 amide bonds. The third-order valence-electron chi connectivity index (χ3n) is 5.99. The Morgan fingerprint density at radius 3 is 2.46 bits per heavy atom. The number of sulfonamides is 1. The van der Waals surface area contributed by atoms with Crippen molar-refractivity contribution < 1.29 is 22.7 Å². The fourth-order valence-electron chi connectivity index (χ4n) is 4.17. The van der Waals surface area contributed by atoms with E-state index in [-0.39, 0.29) is 16.9 Å². The number of hydrogen-bond donors (Lipinski definition) is 1. The lowest BCUT2D eigenvalue weighted by Crippen LogP contribution is -2.51. The minimum Gasteiger partial charge on any atom is -0.454 e. The smallest absolute Gasteiger partial charge is 0.251 e. The topological polar surface area (TPSA) is 88.2 Å². The zero-order valence-electron chi connectivity index (χ0n) is 18.7. The lowest BCUT2D eigenvalue weighted by Gasteiger charge is -2.36. The van der Waals surface area contributed by atoms with Gasteiger partial charge in [0.15, 0.2) is 11.5 Å². The maximum atomic E-state index is 13.6. The van der Waals surface area contributed by atoms with Crippen LogP contribution in [-0.4, -0.2) is 57.1 Å². The highest BCUT2D eigenvalue weighted by Gasteiger charge is 2.33. The minimum atomic E-state index is -3.87. The Hall–Kier alpha value is -2.44. The number of rotatable bonds is 7. The number of nitrogens with zero attached hydrogens (tertiary/aromatic N) is 2. The summed E-state index contributed by atoms with van der Waals surface area (Å²) in [7, 11) is -3.87. The Labute approximate surface area is 216 Å². The van der Waals surface area contributed by atoms with Crippen LogP contribution in [0.15, 0.2) is 68.7 Å². The first-order valence-corrected chi connectivity index (χ1v) is 14.2. The van der Waals surface area contributed by atoms with Gasteiger partial charge in [0.05, 0.1) is 3.79 Å². The van der Waals surface area contributed by atoms with Gasteiger partial charge in [0.2, 0.25) is 12.7 Å². The summed E-state index contributed by atoms with van der Waals surface area (Å²) in [6, 6.07) is 17.1. The molecule has 2 aliphatic heterocycles. The molecule has 1 N–H and O–H groups in total. The zero-order valence-corrected chi connectivity index (χ0v) is 21.9. The number of piperazine rings is 1. The molecule has 184 valence electrons. The SMILES string of the molecule is O=C([C@@H](NS(=O)(=O)c1ccc(Br)s1)c1ccccc1)N1CCN(Cc2ccc3c(c2)OCO3)CC1. The highest BCUT2D eigenvalue weighted by Crippen LogP contribution is 2.33. The number of hydrogen-bond acceptors (Lipinski definition) is 7. The van der Waals surface area contributed by atoms with Crippen LogP contribution in [0.2, 0.25) is 0 Å². The summed E-state index contributed by atoms with van der Waals surface area (Å²) >= 11 is 4.41. The van der Waals surface area contributed by atoms with Crippen LogP contribution in [0.1, 0.15) is 17.2 Å². The van der Waals surface area contributed by atoms with Gasteiger partial charge in [-0.3, -0.25) is 9.69 Å². The molecule has 8 nitrogen and oxygen atoms in total. The number of ether oxygens (including phenoxy) is 2. The lowest BCUT2D eigenvalue weighted by atomic mass is 10.1. The van der Waals surface area contributed by atoms with Gasteiger partial charge < -0.3 is 14.4 Å². The molecular formula is C24H24BrN3O5S2. The lowest BCUT2D eigenvalue weighted by molar-refractivity contribution is -0.135. The van der Waals surface area contributed by atoms with E-state index >= 15 is 0 Å². The second-order valence-corrected chi connectivity index (χ2v) is 12.7. The third kappa shape index (κ3) is 5.54. The summed E-state index contributed by atoms with van der Waals surface area (Å²) in [6.45, 7) is 3.38. The van der Waals surface area contributed by atoms with Gasteiger partial charge in [-0.15, -0.1) is 11.3 Å². The fraction of sp³-hybridized carbons (Fsp3) is 0.292. The Morgan fingerprint density at radius 1 is 1.00 bits per heavy atom. The molecule has 0 saturated carbocycles. The summed E-state index contributed by atoms with van der Waals surface area (Å²) < 4.78 is 40.4. The van der Waals surface area contributed by atoms with Crippen molar-refractivity contribution in [3.63, 3.8) is 0 Å². The fourth-order valence-corrected chi connectivity index (χ4v) is 7.37. The Morgan fingerprint density at radius 2 is 1.74 bits per heavy atom. The number of nitrogens with one attached hydrogen (secondary N) is 1. The monoisotopic (exact) mass is 577 g/mol. The van der Waals surface area contributed by atoms with Gasteiger partial charge in [0, 0.05) is 32.7 Å². The summed E-state index contributed by atoms with van der Waals surface area (Å²) in [5, 5.41) is 0. The predicted octanol–water partition coefficient (Wildman–Crippen LogP) is 3.60. The van der Waals surface area contributed by atoms with Crippen LogP contribution >= 0.6 is 27.3 Å². The van der Waals surface area contributed by atoms with E-state index in [2.05, 4.69) is 25.6 Å². The van der Waals surface area contributed by atoms with Crippen molar-refractivity contribution in [2.75, 3.05) is 33.0 Å². The Kier molecular flexibility index (Phi) is 7.12. The minimum absolute atomic E-state index is 0.159. The average Bonchev–Trinajstić information content (AvgIpc) is 3.52. The van der Waals surface area contributed by atoms with Gasteiger partial charge in [-0.05, 0) is 51.3 Å². The van der Waals surface area contributed by atoms with Crippen LogP contribution in [0, 0.1) is 0 Å². The second kappa shape index (κ2) is 10.3. The maximum Gasteiger partial charge on any atom is 0.251 e. The summed E-state index contributed by atoms with van der Waals surface area (Å²) in [4.78, 5) is 17.6. The van der Waals surface area contributed by atoms with Gasteiger partial charge in [-0.25, -0.2) is 8.42 Å². The normalized spacial score (nSPS) is 16.9. The van der Waals surface area contributed by atoms with Crippen LogP contribution in [0.5, 0.6) is 11.5 Å². The predicted molar refractivity (Wildman–Crippen MR) is 136 cm³/mol. The van der Waals surface area contributed by atoms with Crippen LogP contribution < -0.4 is 14.2 Å². The van der Waals surface area contributed by atoms with Crippen LogP contribution in [0.4, 0.5) is 0 Å². The molecule has 1 saturated heterocycles. The van der Waals surface area contributed by atoms with E-state index in [0.29, 0.717) is 35.5 Å². The van der Waals surface area contributed by atoms with E-state index in [4.69, 9.17) is 9.47 Å². The van der Waals surface area contributed by atoms with Crippen LogP contribution in [-0.2, 0) is 21.4 Å². The summed E-state index contributed by atoms with van der Waals surface area (Å²) in [6.07, 6.45) is 0. The van der Waals surface area contributed by atoms with E-state index in [1.165, 1.54) is 6.07 Å². The molecule has 1 fully saturated rings.